The number of hydrogen-bond acceptors (Lipinski definition) is 4. The number of nitrogens with one attached hydrogen (secondary N) is 1. The maximum absolute atomic E-state index is 14.1. The Morgan fingerprint density at radius 3 is 2.75 bits per heavy atom. The number of rotatable bonds is 4. The summed E-state index contributed by atoms with van der Waals surface area (Å²) in [7, 11) is 0. The van der Waals surface area contributed by atoms with Crippen LogP contribution in [0, 0.1) is 5.82 Å². The van der Waals surface area contributed by atoms with Crippen LogP contribution >= 0.6 is 15.9 Å². The van der Waals surface area contributed by atoms with Gasteiger partial charge in [0.05, 0.1) is 17.7 Å². The summed E-state index contributed by atoms with van der Waals surface area (Å²) < 4.78 is 15.1. The highest BCUT2D eigenvalue weighted by Gasteiger charge is 2.22. The van der Waals surface area contributed by atoms with Gasteiger partial charge in [0.25, 0.3) is 0 Å². The van der Waals surface area contributed by atoms with Crippen molar-refractivity contribution in [2.75, 3.05) is 23.3 Å². The molecule has 1 atom stereocenters. The van der Waals surface area contributed by atoms with Crippen molar-refractivity contribution in [1.82, 2.24) is 4.98 Å². The molecule has 2 aromatic carbocycles. The van der Waals surface area contributed by atoms with Gasteiger partial charge < -0.3 is 15.3 Å². The SMILES string of the molecule is CC(Nc1ccnc2ccc(Br)cc12)c1cc(F)ccc1N1CCC(O)CC1. The molecule has 0 radical (unpaired) electrons. The van der Waals surface area contributed by atoms with Crippen LogP contribution in [0.25, 0.3) is 10.9 Å². The molecule has 1 aliphatic rings. The number of anilines is 2. The molecule has 1 saturated heterocycles. The molecule has 0 amide bonds. The third kappa shape index (κ3) is 3.98. The molecule has 0 spiro atoms. The van der Waals surface area contributed by atoms with E-state index in [1.54, 1.807) is 12.3 Å². The van der Waals surface area contributed by atoms with Gasteiger partial charge in [0.2, 0.25) is 0 Å². The van der Waals surface area contributed by atoms with Crippen molar-refractivity contribution in [2.24, 2.45) is 0 Å². The maximum Gasteiger partial charge on any atom is 0.123 e. The first-order valence-electron chi connectivity index (χ1n) is 9.54. The lowest BCUT2D eigenvalue weighted by Crippen LogP contribution is -2.36. The van der Waals surface area contributed by atoms with E-state index in [4.69, 9.17) is 0 Å². The van der Waals surface area contributed by atoms with E-state index < -0.39 is 0 Å². The third-order valence-electron chi connectivity index (χ3n) is 5.34. The molecule has 1 aliphatic heterocycles. The zero-order valence-electron chi connectivity index (χ0n) is 15.7. The van der Waals surface area contributed by atoms with Crippen LogP contribution in [-0.2, 0) is 0 Å². The number of aromatic nitrogens is 1. The minimum Gasteiger partial charge on any atom is -0.393 e. The van der Waals surface area contributed by atoms with Crippen LogP contribution in [0.4, 0.5) is 15.8 Å². The van der Waals surface area contributed by atoms with E-state index in [9.17, 15) is 9.50 Å². The molecule has 1 fully saturated rings. The number of hydrogen-bond donors (Lipinski definition) is 2. The Kier molecular flexibility index (Phi) is 5.51. The third-order valence-corrected chi connectivity index (χ3v) is 5.83. The molecule has 1 unspecified atom stereocenters. The van der Waals surface area contributed by atoms with Crippen molar-refractivity contribution < 1.29 is 9.50 Å². The standard InChI is InChI=1S/C22H23BrFN3O/c1-14(26-21-6-9-25-20-4-2-15(23)12-19(20)21)18-13-16(24)3-5-22(18)27-10-7-17(28)8-11-27/h2-6,9,12-14,17,28H,7-8,10-11H2,1H3,(H,25,26). The Balaban J connectivity index is 1.66. The fourth-order valence-electron chi connectivity index (χ4n) is 3.82. The number of pyridine rings is 1. The number of benzene rings is 2. The van der Waals surface area contributed by atoms with Crippen LogP contribution < -0.4 is 10.2 Å². The summed E-state index contributed by atoms with van der Waals surface area (Å²) in [4.78, 5) is 6.66. The molecule has 6 heteroatoms. The lowest BCUT2D eigenvalue weighted by Gasteiger charge is -2.34. The smallest absolute Gasteiger partial charge is 0.123 e. The van der Waals surface area contributed by atoms with Crippen LogP contribution in [-0.4, -0.2) is 29.3 Å². The summed E-state index contributed by atoms with van der Waals surface area (Å²) in [6.45, 7) is 3.59. The highest BCUT2D eigenvalue weighted by molar-refractivity contribution is 9.10. The number of aliphatic hydroxyl groups is 1. The van der Waals surface area contributed by atoms with E-state index in [1.807, 2.05) is 37.3 Å². The lowest BCUT2D eigenvalue weighted by atomic mass is 10.0. The van der Waals surface area contributed by atoms with Gasteiger partial charge in [-0.25, -0.2) is 4.39 Å². The van der Waals surface area contributed by atoms with Crippen LogP contribution in [0.15, 0.2) is 53.1 Å². The molecule has 4 rings (SSSR count). The van der Waals surface area contributed by atoms with E-state index in [2.05, 4.69) is 31.1 Å². The zero-order valence-corrected chi connectivity index (χ0v) is 17.3. The number of nitrogens with zero attached hydrogens (tertiary/aromatic N) is 2. The number of piperidine rings is 1. The van der Waals surface area contributed by atoms with Crippen molar-refractivity contribution in [3.8, 4) is 0 Å². The lowest BCUT2D eigenvalue weighted by molar-refractivity contribution is 0.145. The van der Waals surface area contributed by atoms with Gasteiger partial charge in [-0.3, -0.25) is 4.98 Å². The highest BCUT2D eigenvalue weighted by atomic mass is 79.9. The molecule has 0 bridgehead atoms. The average molecular weight is 444 g/mol. The van der Waals surface area contributed by atoms with Gasteiger partial charge in [0, 0.05) is 46.1 Å². The summed E-state index contributed by atoms with van der Waals surface area (Å²) in [6.07, 6.45) is 3.02. The van der Waals surface area contributed by atoms with Crippen LogP contribution in [0.3, 0.4) is 0 Å². The van der Waals surface area contributed by atoms with Gasteiger partial charge in [0.1, 0.15) is 5.82 Å². The Hall–Kier alpha value is -2.18. The van der Waals surface area contributed by atoms with E-state index >= 15 is 0 Å². The van der Waals surface area contributed by atoms with E-state index in [-0.39, 0.29) is 18.0 Å². The van der Waals surface area contributed by atoms with Gasteiger partial charge in [-0.1, -0.05) is 15.9 Å². The Morgan fingerprint density at radius 1 is 1.18 bits per heavy atom. The number of aliphatic hydroxyl groups excluding tert-OH is 1. The molecule has 2 heterocycles. The van der Waals surface area contributed by atoms with Gasteiger partial charge in [-0.05, 0) is 62.2 Å². The summed E-state index contributed by atoms with van der Waals surface area (Å²) in [5.74, 6) is -0.244. The summed E-state index contributed by atoms with van der Waals surface area (Å²) in [5.41, 5.74) is 3.80. The minimum atomic E-state index is -0.244. The largest absolute Gasteiger partial charge is 0.393 e. The predicted octanol–water partition coefficient (Wildman–Crippen LogP) is 5.27. The van der Waals surface area contributed by atoms with Crippen molar-refractivity contribution in [2.45, 2.75) is 31.9 Å². The maximum atomic E-state index is 14.1. The van der Waals surface area contributed by atoms with Crippen molar-refractivity contribution in [1.29, 1.82) is 0 Å². The van der Waals surface area contributed by atoms with Crippen LogP contribution in [0.1, 0.15) is 31.4 Å². The van der Waals surface area contributed by atoms with Crippen LogP contribution in [0.5, 0.6) is 0 Å². The van der Waals surface area contributed by atoms with Crippen molar-refractivity contribution in [3.63, 3.8) is 0 Å². The highest BCUT2D eigenvalue weighted by Crippen LogP contribution is 2.33. The quantitative estimate of drug-likeness (QED) is 0.576. The van der Waals surface area contributed by atoms with Crippen molar-refractivity contribution >= 4 is 38.2 Å². The van der Waals surface area contributed by atoms with Crippen LogP contribution in [0.2, 0.25) is 0 Å². The molecule has 4 nitrogen and oxygen atoms in total. The summed E-state index contributed by atoms with van der Waals surface area (Å²) >= 11 is 3.52. The van der Waals surface area contributed by atoms with Gasteiger partial charge in [-0.2, -0.15) is 0 Å². The minimum absolute atomic E-state index is 0.0952. The Bertz CT molecular complexity index is 989. The Morgan fingerprint density at radius 2 is 1.96 bits per heavy atom. The fourth-order valence-corrected chi connectivity index (χ4v) is 4.18. The normalized spacial score (nSPS) is 16.4. The molecule has 146 valence electrons. The first-order valence-corrected chi connectivity index (χ1v) is 10.3. The molecule has 0 aliphatic carbocycles. The molecule has 0 saturated carbocycles. The second kappa shape index (κ2) is 8.05. The fraction of sp³-hybridized carbons (Fsp3) is 0.318. The van der Waals surface area contributed by atoms with E-state index in [1.165, 1.54) is 6.07 Å². The predicted molar refractivity (Wildman–Crippen MR) is 115 cm³/mol. The van der Waals surface area contributed by atoms with Gasteiger partial charge >= 0.3 is 0 Å². The van der Waals surface area contributed by atoms with Gasteiger partial charge in [0.15, 0.2) is 0 Å². The zero-order chi connectivity index (χ0) is 19.7. The summed E-state index contributed by atoms with van der Waals surface area (Å²) in [5, 5.41) is 14.4. The molecular weight excluding hydrogens is 421 g/mol. The van der Waals surface area contributed by atoms with E-state index in [0.717, 1.165) is 58.2 Å². The number of halogens is 2. The monoisotopic (exact) mass is 443 g/mol. The second-order valence-electron chi connectivity index (χ2n) is 7.31. The molecule has 2 N–H and O–H groups in total. The topological polar surface area (TPSA) is 48.4 Å². The Labute approximate surface area is 172 Å². The second-order valence-corrected chi connectivity index (χ2v) is 8.22. The first kappa shape index (κ1) is 19.2. The molecule has 3 aromatic rings. The first-order chi connectivity index (χ1) is 13.5. The summed E-state index contributed by atoms with van der Waals surface area (Å²) in [6, 6.07) is 12.8. The van der Waals surface area contributed by atoms with Gasteiger partial charge in [-0.15, -0.1) is 0 Å². The molecule has 1 aromatic heterocycles. The van der Waals surface area contributed by atoms with Crippen molar-refractivity contribution in [3.05, 3.63) is 64.5 Å². The average Bonchev–Trinajstić information content (AvgIpc) is 2.69. The van der Waals surface area contributed by atoms with E-state index in [0.29, 0.717) is 0 Å². The molecule has 28 heavy (non-hydrogen) atoms. The molecular formula is C22H23BrFN3O. The number of fused-ring (bicyclic) bond motifs is 1.